The summed E-state index contributed by atoms with van der Waals surface area (Å²) in [5, 5.41) is 8.17. The number of rotatable bonds is 8. The number of amides is 1. The molecule has 0 radical (unpaired) electrons. The fraction of sp³-hybridized carbons (Fsp3) is 0.409. The first-order valence-corrected chi connectivity index (χ1v) is 11.7. The van der Waals surface area contributed by atoms with Crippen LogP contribution in [0.3, 0.4) is 0 Å². The summed E-state index contributed by atoms with van der Waals surface area (Å²) in [6.07, 6.45) is 3.44. The van der Waals surface area contributed by atoms with Crippen LogP contribution in [0, 0.1) is 0 Å². The van der Waals surface area contributed by atoms with Crippen LogP contribution in [-0.4, -0.2) is 53.1 Å². The lowest BCUT2D eigenvalue weighted by molar-refractivity contribution is 0.0921. The molecule has 1 aliphatic rings. The van der Waals surface area contributed by atoms with Gasteiger partial charge in [0.05, 0.1) is 30.7 Å². The predicted octanol–water partition coefficient (Wildman–Crippen LogP) is 2.31. The Morgan fingerprint density at radius 2 is 1.74 bits per heavy atom. The van der Waals surface area contributed by atoms with Gasteiger partial charge in [-0.15, -0.1) is 0 Å². The number of ether oxygens (including phenoxy) is 2. The SMILES string of the molecule is COc1ccc([C@H](CNC(=O)c2cc(S(N)(=O)=O)ccc2OC)N2CCCCC2)cc1. The van der Waals surface area contributed by atoms with E-state index in [1.165, 1.54) is 31.7 Å². The Hall–Kier alpha value is -2.62. The van der Waals surface area contributed by atoms with Crippen LogP contribution in [0.1, 0.15) is 41.2 Å². The van der Waals surface area contributed by atoms with Gasteiger partial charge >= 0.3 is 0 Å². The Morgan fingerprint density at radius 1 is 1.06 bits per heavy atom. The lowest BCUT2D eigenvalue weighted by atomic mass is 10.0. The number of nitrogens with zero attached hydrogens (tertiary/aromatic N) is 1. The number of carbonyl (C=O) groups excluding carboxylic acids is 1. The molecule has 168 valence electrons. The minimum absolute atomic E-state index is 0.0115. The third-order valence-electron chi connectivity index (χ3n) is 5.53. The van der Waals surface area contributed by atoms with Crippen molar-refractivity contribution in [2.45, 2.75) is 30.2 Å². The predicted molar refractivity (Wildman–Crippen MR) is 118 cm³/mol. The second-order valence-corrected chi connectivity index (χ2v) is 9.06. The van der Waals surface area contributed by atoms with E-state index in [4.69, 9.17) is 14.6 Å². The second-order valence-electron chi connectivity index (χ2n) is 7.50. The fourth-order valence-corrected chi connectivity index (χ4v) is 4.38. The van der Waals surface area contributed by atoms with E-state index in [2.05, 4.69) is 10.2 Å². The highest BCUT2D eigenvalue weighted by atomic mass is 32.2. The van der Waals surface area contributed by atoms with Crippen LogP contribution >= 0.6 is 0 Å². The van der Waals surface area contributed by atoms with Gasteiger partial charge in [-0.05, 0) is 61.8 Å². The molecule has 1 saturated heterocycles. The Labute approximate surface area is 183 Å². The molecule has 0 aromatic heterocycles. The maximum atomic E-state index is 13.0. The van der Waals surface area contributed by atoms with Crippen LogP contribution in [0.2, 0.25) is 0 Å². The average molecular weight is 448 g/mol. The highest BCUT2D eigenvalue weighted by Gasteiger charge is 2.24. The molecule has 2 aromatic rings. The summed E-state index contributed by atoms with van der Waals surface area (Å²) in [7, 11) is -0.885. The molecule has 1 aliphatic heterocycles. The van der Waals surface area contributed by atoms with E-state index < -0.39 is 15.9 Å². The number of carbonyl (C=O) groups is 1. The molecule has 1 heterocycles. The first-order chi connectivity index (χ1) is 14.8. The molecule has 0 spiro atoms. The van der Waals surface area contributed by atoms with Crippen molar-refractivity contribution in [3.05, 3.63) is 53.6 Å². The smallest absolute Gasteiger partial charge is 0.255 e. The normalized spacial score (nSPS) is 15.8. The van der Waals surface area contributed by atoms with Gasteiger partial charge in [0.1, 0.15) is 11.5 Å². The van der Waals surface area contributed by atoms with Crippen molar-refractivity contribution in [2.75, 3.05) is 33.9 Å². The molecule has 9 heteroatoms. The number of likely N-dealkylation sites (tertiary alicyclic amines) is 1. The van der Waals surface area contributed by atoms with Crippen molar-refractivity contribution in [1.82, 2.24) is 10.2 Å². The van der Waals surface area contributed by atoms with Crippen molar-refractivity contribution >= 4 is 15.9 Å². The van der Waals surface area contributed by atoms with E-state index in [-0.39, 0.29) is 22.3 Å². The molecule has 1 fully saturated rings. The molecular weight excluding hydrogens is 418 g/mol. The Kier molecular flexibility index (Phi) is 7.53. The van der Waals surface area contributed by atoms with Crippen LogP contribution in [0.5, 0.6) is 11.5 Å². The van der Waals surface area contributed by atoms with E-state index >= 15 is 0 Å². The Morgan fingerprint density at radius 3 is 2.32 bits per heavy atom. The van der Waals surface area contributed by atoms with E-state index in [1.54, 1.807) is 7.11 Å². The largest absolute Gasteiger partial charge is 0.497 e. The summed E-state index contributed by atoms with van der Waals surface area (Å²) < 4.78 is 33.9. The van der Waals surface area contributed by atoms with Crippen LogP contribution in [-0.2, 0) is 10.0 Å². The van der Waals surface area contributed by atoms with Gasteiger partial charge in [-0.1, -0.05) is 18.6 Å². The van der Waals surface area contributed by atoms with Crippen LogP contribution in [0.25, 0.3) is 0 Å². The van der Waals surface area contributed by atoms with Gasteiger partial charge in [0, 0.05) is 6.54 Å². The number of hydrogen-bond donors (Lipinski definition) is 2. The van der Waals surface area contributed by atoms with E-state index in [0.717, 1.165) is 37.2 Å². The van der Waals surface area contributed by atoms with Crippen molar-refractivity contribution in [3.8, 4) is 11.5 Å². The lowest BCUT2D eigenvalue weighted by Gasteiger charge is -2.35. The van der Waals surface area contributed by atoms with Gasteiger partial charge in [0.15, 0.2) is 0 Å². The zero-order valence-corrected chi connectivity index (χ0v) is 18.7. The summed E-state index contributed by atoms with van der Waals surface area (Å²) in [5.74, 6) is 0.636. The van der Waals surface area contributed by atoms with Crippen molar-refractivity contribution in [2.24, 2.45) is 5.14 Å². The molecule has 0 unspecified atom stereocenters. The molecule has 31 heavy (non-hydrogen) atoms. The summed E-state index contributed by atoms with van der Waals surface area (Å²) in [5.41, 5.74) is 1.20. The first kappa shape index (κ1) is 23.1. The number of methoxy groups -OCH3 is 2. The highest BCUT2D eigenvalue weighted by Crippen LogP contribution is 2.27. The van der Waals surface area contributed by atoms with Gasteiger partial charge < -0.3 is 14.8 Å². The third kappa shape index (κ3) is 5.75. The summed E-state index contributed by atoms with van der Waals surface area (Å²) >= 11 is 0. The Bertz CT molecular complexity index is 1000. The number of nitrogens with two attached hydrogens (primary N) is 1. The average Bonchev–Trinajstić information content (AvgIpc) is 2.79. The lowest BCUT2D eigenvalue weighted by Crippen LogP contribution is -2.40. The minimum Gasteiger partial charge on any atom is -0.497 e. The van der Waals surface area contributed by atoms with E-state index in [9.17, 15) is 13.2 Å². The minimum atomic E-state index is -3.94. The van der Waals surface area contributed by atoms with Crippen molar-refractivity contribution in [1.29, 1.82) is 0 Å². The standard InChI is InChI=1S/C22H29N3O5S/c1-29-17-8-6-16(7-9-17)20(25-12-4-3-5-13-25)15-24-22(26)19-14-18(31(23,27)28)10-11-21(19)30-2/h6-11,14,20H,3-5,12-13,15H2,1-2H3,(H,24,26)(H2,23,27,28)/t20-/m0/s1. The molecule has 1 amide bonds. The van der Waals surface area contributed by atoms with E-state index in [0.29, 0.717) is 6.54 Å². The summed E-state index contributed by atoms with van der Waals surface area (Å²) in [4.78, 5) is 15.2. The fourth-order valence-electron chi connectivity index (χ4n) is 3.84. The van der Waals surface area contributed by atoms with Crippen LogP contribution in [0.4, 0.5) is 0 Å². The summed E-state index contributed by atoms with van der Waals surface area (Å²) in [6.45, 7) is 2.28. The zero-order chi connectivity index (χ0) is 22.4. The number of sulfonamides is 1. The quantitative estimate of drug-likeness (QED) is 0.642. The van der Waals surface area contributed by atoms with Gasteiger partial charge in [0.25, 0.3) is 5.91 Å². The van der Waals surface area contributed by atoms with Crippen LogP contribution < -0.4 is 19.9 Å². The maximum Gasteiger partial charge on any atom is 0.255 e. The zero-order valence-electron chi connectivity index (χ0n) is 17.8. The van der Waals surface area contributed by atoms with Gasteiger partial charge in [-0.3, -0.25) is 9.69 Å². The monoisotopic (exact) mass is 447 g/mol. The Balaban J connectivity index is 1.82. The van der Waals surface area contributed by atoms with Crippen molar-refractivity contribution in [3.63, 3.8) is 0 Å². The molecule has 3 N–H and O–H groups in total. The molecule has 1 atom stereocenters. The number of hydrogen-bond acceptors (Lipinski definition) is 6. The molecule has 3 rings (SSSR count). The number of piperidine rings is 1. The number of nitrogens with one attached hydrogen (secondary N) is 1. The molecule has 0 aliphatic carbocycles. The molecule has 0 saturated carbocycles. The highest BCUT2D eigenvalue weighted by molar-refractivity contribution is 7.89. The maximum absolute atomic E-state index is 13.0. The molecule has 0 bridgehead atoms. The molecule has 8 nitrogen and oxygen atoms in total. The topological polar surface area (TPSA) is 111 Å². The second kappa shape index (κ2) is 10.1. The molecule has 2 aromatic carbocycles. The third-order valence-corrected chi connectivity index (χ3v) is 6.44. The summed E-state index contributed by atoms with van der Waals surface area (Å²) in [6, 6.07) is 11.8. The van der Waals surface area contributed by atoms with Crippen molar-refractivity contribution < 1.29 is 22.7 Å². The van der Waals surface area contributed by atoms with Gasteiger partial charge in [-0.25, -0.2) is 13.6 Å². The molecular formula is C22H29N3O5S. The number of primary sulfonamides is 1. The first-order valence-electron chi connectivity index (χ1n) is 10.2. The van der Waals surface area contributed by atoms with Gasteiger partial charge in [0.2, 0.25) is 10.0 Å². The van der Waals surface area contributed by atoms with E-state index in [1.807, 2.05) is 24.3 Å². The van der Waals surface area contributed by atoms with Crippen LogP contribution in [0.15, 0.2) is 47.4 Å². The van der Waals surface area contributed by atoms with Gasteiger partial charge in [-0.2, -0.15) is 0 Å². The number of benzene rings is 2.